The Balaban J connectivity index is 2.62. The maximum absolute atomic E-state index is 5.56. The van der Waals surface area contributed by atoms with Crippen molar-refractivity contribution in [1.29, 1.82) is 0 Å². The maximum Gasteiger partial charge on any atom is 0.141 e. The molecule has 3 heteroatoms. The quantitative estimate of drug-likeness (QED) is 0.548. The van der Waals surface area contributed by atoms with Gasteiger partial charge in [-0.15, -0.1) is 0 Å². The molecule has 0 atom stereocenters. The van der Waals surface area contributed by atoms with E-state index >= 15 is 0 Å². The first-order valence-electron chi connectivity index (χ1n) is 7.61. The smallest absolute Gasteiger partial charge is 0.141 e. The number of nitrogens with two attached hydrogens (primary N) is 1. The summed E-state index contributed by atoms with van der Waals surface area (Å²) in [6.07, 6.45) is 15.1. The van der Waals surface area contributed by atoms with Crippen LogP contribution in [0.1, 0.15) is 65.0 Å². The predicted molar refractivity (Wildman–Crippen MR) is 87.2 cm³/mol. The zero-order chi connectivity index (χ0) is 14.8. The minimum absolute atomic E-state index is 0.465. The van der Waals surface area contributed by atoms with E-state index in [0.29, 0.717) is 5.82 Å². The summed E-state index contributed by atoms with van der Waals surface area (Å²) in [5.74, 6) is 0.465. The van der Waals surface area contributed by atoms with Gasteiger partial charge in [0.15, 0.2) is 0 Å². The van der Waals surface area contributed by atoms with Crippen LogP contribution in [0.3, 0.4) is 0 Å². The van der Waals surface area contributed by atoms with Crippen LogP contribution in [-0.4, -0.2) is 9.97 Å². The second kappa shape index (κ2) is 9.29. The van der Waals surface area contributed by atoms with E-state index in [1.807, 2.05) is 0 Å². The first-order chi connectivity index (χ1) is 9.67. The lowest BCUT2D eigenvalue weighted by Gasteiger charge is -2.04. The Kier molecular flexibility index (Phi) is 7.63. The van der Waals surface area contributed by atoms with Gasteiger partial charge in [-0.05, 0) is 31.8 Å². The molecule has 0 aromatic carbocycles. The van der Waals surface area contributed by atoms with Crippen molar-refractivity contribution in [2.45, 2.75) is 59.3 Å². The van der Waals surface area contributed by atoms with Gasteiger partial charge in [-0.2, -0.15) is 0 Å². The average molecular weight is 273 g/mol. The van der Waals surface area contributed by atoms with Crippen LogP contribution in [0.15, 0.2) is 30.1 Å². The molecule has 0 bridgehead atoms. The van der Waals surface area contributed by atoms with Crippen LogP contribution in [0.4, 0.5) is 5.82 Å². The van der Waals surface area contributed by atoms with E-state index in [1.54, 1.807) is 12.4 Å². The molecule has 0 radical (unpaired) electrons. The van der Waals surface area contributed by atoms with E-state index < -0.39 is 0 Å². The average Bonchev–Trinajstić information content (AvgIpc) is 2.46. The summed E-state index contributed by atoms with van der Waals surface area (Å²) in [6.45, 7) is 6.57. The number of unbranched alkanes of at least 4 members (excludes halogenated alkanes) is 3. The van der Waals surface area contributed by atoms with Crippen LogP contribution in [0, 0.1) is 0 Å². The fourth-order valence-corrected chi connectivity index (χ4v) is 2.04. The van der Waals surface area contributed by atoms with E-state index in [1.165, 1.54) is 43.3 Å². The first-order valence-corrected chi connectivity index (χ1v) is 7.61. The molecule has 0 amide bonds. The van der Waals surface area contributed by atoms with Crippen molar-refractivity contribution in [1.82, 2.24) is 9.97 Å². The number of hydrogen-bond donors (Lipinski definition) is 1. The molecule has 0 saturated heterocycles. The van der Waals surface area contributed by atoms with E-state index in [4.69, 9.17) is 5.73 Å². The summed E-state index contributed by atoms with van der Waals surface area (Å²) >= 11 is 0. The van der Waals surface area contributed by atoms with Gasteiger partial charge in [0.2, 0.25) is 0 Å². The van der Waals surface area contributed by atoms with Crippen molar-refractivity contribution in [2.24, 2.45) is 0 Å². The number of nitrogen functional groups attached to an aromatic ring is 1. The van der Waals surface area contributed by atoms with Crippen molar-refractivity contribution in [3.05, 3.63) is 35.8 Å². The third-order valence-electron chi connectivity index (χ3n) is 3.38. The summed E-state index contributed by atoms with van der Waals surface area (Å²) < 4.78 is 0. The van der Waals surface area contributed by atoms with Gasteiger partial charge in [0, 0.05) is 0 Å². The number of rotatable bonds is 8. The molecule has 0 aliphatic heterocycles. The standard InChI is InChI=1S/C17H27N3/c1-4-6-7-8-9-14(3)10-11-15(5-2)16-12-20-17(18)13-19-16/h10-13H,4-9H2,1-3H3,(H2,18,20)/b14-10+,15-11+. The summed E-state index contributed by atoms with van der Waals surface area (Å²) in [5.41, 5.74) is 9.10. The molecule has 1 aromatic heterocycles. The van der Waals surface area contributed by atoms with Crippen LogP contribution in [0.5, 0.6) is 0 Å². The fourth-order valence-electron chi connectivity index (χ4n) is 2.04. The van der Waals surface area contributed by atoms with Gasteiger partial charge in [0.05, 0.1) is 18.1 Å². The molecule has 2 N–H and O–H groups in total. The molecule has 0 aliphatic rings. The van der Waals surface area contributed by atoms with E-state index in [9.17, 15) is 0 Å². The second-order valence-electron chi connectivity index (χ2n) is 5.20. The van der Waals surface area contributed by atoms with Crippen molar-refractivity contribution in [3.8, 4) is 0 Å². The number of hydrogen-bond acceptors (Lipinski definition) is 3. The Morgan fingerprint density at radius 3 is 2.50 bits per heavy atom. The van der Waals surface area contributed by atoms with Crippen LogP contribution in [0.25, 0.3) is 5.57 Å². The maximum atomic E-state index is 5.56. The van der Waals surface area contributed by atoms with Crippen molar-refractivity contribution in [3.63, 3.8) is 0 Å². The van der Waals surface area contributed by atoms with Gasteiger partial charge in [0.25, 0.3) is 0 Å². The van der Waals surface area contributed by atoms with Gasteiger partial charge in [-0.25, -0.2) is 4.98 Å². The molecule has 0 saturated carbocycles. The number of aromatic nitrogens is 2. The molecule has 1 heterocycles. The topological polar surface area (TPSA) is 51.8 Å². The molecular weight excluding hydrogens is 246 g/mol. The highest BCUT2D eigenvalue weighted by molar-refractivity contribution is 5.63. The second-order valence-corrected chi connectivity index (χ2v) is 5.20. The minimum Gasteiger partial charge on any atom is -0.382 e. The highest BCUT2D eigenvalue weighted by atomic mass is 14.9. The summed E-state index contributed by atoms with van der Waals surface area (Å²) in [5, 5.41) is 0. The Labute approximate surface area is 123 Å². The molecule has 110 valence electrons. The fraction of sp³-hybridized carbons (Fsp3) is 0.529. The molecule has 0 unspecified atom stereocenters. The van der Waals surface area contributed by atoms with Crippen molar-refractivity contribution >= 4 is 11.4 Å². The Hall–Kier alpha value is -1.64. The molecule has 0 aliphatic carbocycles. The monoisotopic (exact) mass is 273 g/mol. The molecule has 3 nitrogen and oxygen atoms in total. The molecular formula is C17H27N3. The number of nitrogens with zero attached hydrogens (tertiary/aromatic N) is 2. The van der Waals surface area contributed by atoms with Gasteiger partial charge < -0.3 is 5.73 Å². The lowest BCUT2D eigenvalue weighted by Crippen LogP contribution is -1.95. The number of anilines is 1. The molecule has 1 rings (SSSR count). The van der Waals surface area contributed by atoms with Crippen LogP contribution >= 0.6 is 0 Å². The number of allylic oxidation sites excluding steroid dienone is 4. The molecule has 1 aromatic rings. The summed E-state index contributed by atoms with van der Waals surface area (Å²) in [4.78, 5) is 8.43. The molecule has 0 spiro atoms. The van der Waals surface area contributed by atoms with Gasteiger partial charge in [-0.1, -0.05) is 50.8 Å². The molecule has 0 fully saturated rings. The zero-order valence-electron chi connectivity index (χ0n) is 13.0. The lowest BCUT2D eigenvalue weighted by molar-refractivity contribution is 0.664. The third-order valence-corrected chi connectivity index (χ3v) is 3.38. The Morgan fingerprint density at radius 1 is 1.10 bits per heavy atom. The van der Waals surface area contributed by atoms with Crippen LogP contribution < -0.4 is 5.73 Å². The highest BCUT2D eigenvalue weighted by Crippen LogP contribution is 2.17. The first kappa shape index (κ1) is 16.4. The Morgan fingerprint density at radius 2 is 1.90 bits per heavy atom. The third kappa shape index (κ3) is 6.00. The van der Waals surface area contributed by atoms with Gasteiger partial charge in [-0.3, -0.25) is 4.98 Å². The predicted octanol–water partition coefficient (Wildman–Crippen LogP) is 4.77. The zero-order valence-corrected chi connectivity index (χ0v) is 13.0. The van der Waals surface area contributed by atoms with E-state index in [2.05, 4.69) is 42.9 Å². The van der Waals surface area contributed by atoms with E-state index in [-0.39, 0.29) is 0 Å². The van der Waals surface area contributed by atoms with Gasteiger partial charge >= 0.3 is 0 Å². The Bertz CT molecular complexity index is 444. The van der Waals surface area contributed by atoms with Crippen molar-refractivity contribution in [2.75, 3.05) is 5.73 Å². The normalized spacial score (nSPS) is 12.8. The highest BCUT2D eigenvalue weighted by Gasteiger charge is 2.00. The molecule has 20 heavy (non-hydrogen) atoms. The summed E-state index contributed by atoms with van der Waals surface area (Å²) in [6, 6.07) is 0. The summed E-state index contributed by atoms with van der Waals surface area (Å²) in [7, 11) is 0. The van der Waals surface area contributed by atoms with Crippen LogP contribution in [0.2, 0.25) is 0 Å². The SMILES string of the molecule is CCCCCC/C(C)=C/C=C(\CC)c1cnc(N)cn1. The van der Waals surface area contributed by atoms with E-state index in [0.717, 1.165) is 12.1 Å². The van der Waals surface area contributed by atoms with Crippen molar-refractivity contribution < 1.29 is 0 Å². The van der Waals surface area contributed by atoms with Crippen LogP contribution in [-0.2, 0) is 0 Å². The lowest BCUT2D eigenvalue weighted by atomic mass is 10.1. The minimum atomic E-state index is 0.465. The van der Waals surface area contributed by atoms with Gasteiger partial charge in [0.1, 0.15) is 5.82 Å². The largest absolute Gasteiger partial charge is 0.382 e.